The van der Waals surface area contributed by atoms with Crippen LogP contribution in [0.1, 0.15) is 42.0 Å². The Labute approximate surface area is 117 Å². The second-order valence-electron chi connectivity index (χ2n) is 5.06. The zero-order chi connectivity index (χ0) is 14.5. The van der Waals surface area contributed by atoms with Crippen molar-refractivity contribution in [3.8, 4) is 0 Å². The van der Waals surface area contributed by atoms with E-state index < -0.39 is 5.97 Å². The number of ether oxygens (including phenoxy) is 1. The minimum Gasteiger partial charge on any atom is -0.481 e. The summed E-state index contributed by atoms with van der Waals surface area (Å²) in [6, 6.07) is 3.35. The molecule has 1 aromatic heterocycles. The van der Waals surface area contributed by atoms with E-state index in [2.05, 4.69) is 5.32 Å². The van der Waals surface area contributed by atoms with E-state index in [1.165, 1.54) is 0 Å². The van der Waals surface area contributed by atoms with Crippen molar-refractivity contribution in [1.29, 1.82) is 0 Å². The zero-order valence-electron chi connectivity index (χ0n) is 11.4. The van der Waals surface area contributed by atoms with Gasteiger partial charge in [0.25, 0.3) is 5.91 Å². The van der Waals surface area contributed by atoms with Crippen molar-refractivity contribution in [1.82, 2.24) is 5.32 Å². The van der Waals surface area contributed by atoms with Crippen molar-refractivity contribution in [2.75, 3.05) is 7.11 Å². The molecule has 2 N–H and O–H groups in total. The van der Waals surface area contributed by atoms with E-state index in [-0.39, 0.29) is 23.6 Å². The lowest BCUT2D eigenvalue weighted by atomic mass is 9.86. The quantitative estimate of drug-likeness (QED) is 0.859. The molecule has 0 aromatic carbocycles. The van der Waals surface area contributed by atoms with Crippen molar-refractivity contribution in [3.63, 3.8) is 0 Å². The van der Waals surface area contributed by atoms with Crippen molar-refractivity contribution in [2.24, 2.45) is 5.92 Å². The number of carbonyl (C=O) groups excluding carboxylic acids is 1. The monoisotopic (exact) mass is 281 g/mol. The molecule has 0 saturated heterocycles. The van der Waals surface area contributed by atoms with Crippen LogP contribution < -0.4 is 5.32 Å². The average Bonchev–Trinajstić information content (AvgIpc) is 2.88. The van der Waals surface area contributed by atoms with Gasteiger partial charge in [-0.1, -0.05) is 0 Å². The molecule has 0 bridgehead atoms. The van der Waals surface area contributed by atoms with Gasteiger partial charge in [0.1, 0.15) is 12.4 Å². The first-order valence-corrected chi connectivity index (χ1v) is 6.71. The standard InChI is InChI=1S/C14H19NO5/c1-19-8-11-6-7-12(20-11)13(16)15-10-4-2-9(3-5-10)14(17)18/h6-7,9-10H,2-5,8H2,1H3,(H,15,16)(H,17,18). The predicted octanol–water partition coefficient (Wildman–Crippen LogP) is 1.80. The Morgan fingerprint density at radius 2 is 2.05 bits per heavy atom. The summed E-state index contributed by atoms with van der Waals surface area (Å²) < 4.78 is 10.3. The maximum Gasteiger partial charge on any atom is 0.306 e. The maximum atomic E-state index is 12.0. The van der Waals surface area contributed by atoms with E-state index in [0.717, 1.165) is 0 Å². The van der Waals surface area contributed by atoms with Crippen LogP contribution in [0.15, 0.2) is 16.5 Å². The molecule has 1 aliphatic rings. The molecule has 1 aromatic rings. The molecule has 20 heavy (non-hydrogen) atoms. The van der Waals surface area contributed by atoms with Gasteiger partial charge in [-0.05, 0) is 37.8 Å². The highest BCUT2D eigenvalue weighted by Crippen LogP contribution is 2.24. The maximum absolute atomic E-state index is 12.0. The Kier molecular flexibility index (Phi) is 4.79. The fraction of sp³-hybridized carbons (Fsp3) is 0.571. The molecule has 1 amide bonds. The fourth-order valence-corrected chi connectivity index (χ4v) is 2.46. The number of amides is 1. The van der Waals surface area contributed by atoms with Gasteiger partial charge in [0.15, 0.2) is 5.76 Å². The molecule has 1 fully saturated rings. The lowest BCUT2D eigenvalue weighted by molar-refractivity contribution is -0.142. The fourth-order valence-electron chi connectivity index (χ4n) is 2.46. The molecule has 1 heterocycles. The van der Waals surface area contributed by atoms with Crippen LogP contribution in [0.2, 0.25) is 0 Å². The van der Waals surface area contributed by atoms with E-state index in [1.807, 2.05) is 0 Å². The smallest absolute Gasteiger partial charge is 0.306 e. The molecular weight excluding hydrogens is 262 g/mol. The predicted molar refractivity (Wildman–Crippen MR) is 70.3 cm³/mol. The van der Waals surface area contributed by atoms with Crippen molar-refractivity contribution < 1.29 is 23.8 Å². The molecule has 0 radical (unpaired) electrons. The first kappa shape index (κ1) is 14.6. The summed E-state index contributed by atoms with van der Waals surface area (Å²) in [6.45, 7) is 0.330. The van der Waals surface area contributed by atoms with Gasteiger partial charge in [0.05, 0.1) is 5.92 Å². The molecule has 110 valence electrons. The topological polar surface area (TPSA) is 88.8 Å². The van der Waals surface area contributed by atoms with E-state index in [0.29, 0.717) is 38.1 Å². The van der Waals surface area contributed by atoms with Gasteiger partial charge in [0.2, 0.25) is 0 Å². The number of nitrogens with one attached hydrogen (secondary N) is 1. The Morgan fingerprint density at radius 1 is 1.35 bits per heavy atom. The van der Waals surface area contributed by atoms with E-state index >= 15 is 0 Å². The van der Waals surface area contributed by atoms with Crippen LogP contribution >= 0.6 is 0 Å². The number of carbonyl (C=O) groups is 2. The van der Waals surface area contributed by atoms with Gasteiger partial charge in [-0.3, -0.25) is 9.59 Å². The molecule has 0 aliphatic heterocycles. The van der Waals surface area contributed by atoms with Gasteiger partial charge in [-0.25, -0.2) is 0 Å². The highest BCUT2D eigenvalue weighted by Gasteiger charge is 2.27. The van der Waals surface area contributed by atoms with Crippen LogP contribution in [0.4, 0.5) is 0 Å². The third kappa shape index (κ3) is 3.60. The van der Waals surface area contributed by atoms with Gasteiger partial charge < -0.3 is 19.6 Å². The lowest BCUT2D eigenvalue weighted by Crippen LogP contribution is -2.38. The van der Waals surface area contributed by atoms with Crippen molar-refractivity contribution in [3.05, 3.63) is 23.7 Å². The molecular formula is C14H19NO5. The summed E-state index contributed by atoms with van der Waals surface area (Å²) in [5.41, 5.74) is 0. The number of rotatable bonds is 5. The second kappa shape index (κ2) is 6.56. The summed E-state index contributed by atoms with van der Waals surface area (Å²) in [6.07, 6.45) is 2.59. The van der Waals surface area contributed by atoms with Gasteiger partial charge >= 0.3 is 5.97 Å². The first-order valence-electron chi connectivity index (χ1n) is 6.71. The molecule has 1 aliphatic carbocycles. The third-order valence-electron chi connectivity index (χ3n) is 3.58. The van der Waals surface area contributed by atoms with Crippen LogP contribution in [0, 0.1) is 5.92 Å². The lowest BCUT2D eigenvalue weighted by Gasteiger charge is -2.26. The Morgan fingerprint density at radius 3 is 2.65 bits per heavy atom. The number of methoxy groups -OCH3 is 1. The highest BCUT2D eigenvalue weighted by molar-refractivity contribution is 5.91. The average molecular weight is 281 g/mol. The van der Waals surface area contributed by atoms with E-state index in [4.69, 9.17) is 14.3 Å². The summed E-state index contributed by atoms with van der Waals surface area (Å²) in [5, 5.41) is 11.8. The highest BCUT2D eigenvalue weighted by atomic mass is 16.5. The number of hydrogen-bond donors (Lipinski definition) is 2. The van der Waals surface area contributed by atoms with Crippen molar-refractivity contribution in [2.45, 2.75) is 38.3 Å². The minimum absolute atomic E-state index is 0.0223. The van der Waals surface area contributed by atoms with Crippen LogP contribution in [0.25, 0.3) is 0 Å². The van der Waals surface area contributed by atoms with Crippen LogP contribution in [0.5, 0.6) is 0 Å². The van der Waals surface area contributed by atoms with Gasteiger partial charge in [-0.2, -0.15) is 0 Å². The van der Waals surface area contributed by atoms with E-state index in [1.54, 1.807) is 19.2 Å². The van der Waals surface area contributed by atoms with Crippen LogP contribution in [-0.2, 0) is 16.1 Å². The Hall–Kier alpha value is -1.82. The molecule has 6 heteroatoms. The normalized spacial score (nSPS) is 22.4. The van der Waals surface area contributed by atoms with Gasteiger partial charge in [0, 0.05) is 13.2 Å². The first-order chi connectivity index (χ1) is 9.60. The minimum atomic E-state index is -0.745. The number of carboxylic acids is 1. The van der Waals surface area contributed by atoms with Gasteiger partial charge in [-0.15, -0.1) is 0 Å². The number of aliphatic carboxylic acids is 1. The summed E-state index contributed by atoms with van der Waals surface area (Å²) in [4.78, 5) is 22.8. The number of carboxylic acid groups (broad SMARTS) is 1. The molecule has 0 spiro atoms. The van der Waals surface area contributed by atoms with Crippen LogP contribution in [-0.4, -0.2) is 30.1 Å². The SMILES string of the molecule is COCc1ccc(C(=O)NC2CCC(C(=O)O)CC2)o1. The summed E-state index contributed by atoms with van der Waals surface area (Å²) in [5.74, 6) is -0.416. The molecule has 0 unspecified atom stereocenters. The molecule has 1 saturated carbocycles. The second-order valence-corrected chi connectivity index (χ2v) is 5.06. The third-order valence-corrected chi connectivity index (χ3v) is 3.58. The van der Waals surface area contributed by atoms with E-state index in [9.17, 15) is 9.59 Å². The summed E-state index contributed by atoms with van der Waals surface area (Å²) in [7, 11) is 1.56. The number of hydrogen-bond acceptors (Lipinski definition) is 4. The molecule has 0 atom stereocenters. The number of furan rings is 1. The zero-order valence-corrected chi connectivity index (χ0v) is 11.4. The molecule has 2 rings (SSSR count). The van der Waals surface area contributed by atoms with Crippen LogP contribution in [0.3, 0.4) is 0 Å². The summed E-state index contributed by atoms with van der Waals surface area (Å²) >= 11 is 0. The Bertz CT molecular complexity index is 474. The largest absolute Gasteiger partial charge is 0.481 e. The molecule has 6 nitrogen and oxygen atoms in total. The van der Waals surface area contributed by atoms with Crippen molar-refractivity contribution >= 4 is 11.9 Å². The Balaban J connectivity index is 1.84.